The van der Waals surface area contributed by atoms with Gasteiger partial charge in [-0.2, -0.15) is 0 Å². The summed E-state index contributed by atoms with van der Waals surface area (Å²) in [5, 5.41) is 1.91. The number of thiophene rings is 1. The van der Waals surface area contributed by atoms with E-state index < -0.39 is 10.8 Å². The highest BCUT2D eigenvalue weighted by molar-refractivity contribution is 7.84. The summed E-state index contributed by atoms with van der Waals surface area (Å²) in [4.78, 5) is 12.5. The molecule has 2 aromatic rings. The van der Waals surface area contributed by atoms with Crippen molar-refractivity contribution >= 4 is 32.4 Å². The molecule has 0 aliphatic carbocycles. The van der Waals surface area contributed by atoms with Gasteiger partial charge in [-0.05, 0) is 17.9 Å². The first kappa shape index (κ1) is 12.5. The number of fused-ring (bicyclic) bond motifs is 1. The molecule has 0 fully saturated rings. The minimum Gasteiger partial charge on any atom is -0.345 e. The van der Waals surface area contributed by atoms with Crippen LogP contribution in [-0.2, 0) is 17.3 Å². The quantitative estimate of drug-likeness (QED) is 0.856. The maximum absolute atomic E-state index is 12.1. The average Bonchev–Trinajstić information content (AvgIpc) is 2.77. The van der Waals surface area contributed by atoms with Crippen LogP contribution in [0.4, 0.5) is 0 Å². The Hall–Kier alpha value is -0.940. The molecule has 1 atom stereocenters. The molecule has 92 valence electrons. The van der Waals surface area contributed by atoms with Crippen molar-refractivity contribution in [3.63, 3.8) is 0 Å². The summed E-state index contributed by atoms with van der Waals surface area (Å²) in [7, 11) is -1.22. The van der Waals surface area contributed by atoms with Crippen LogP contribution >= 0.6 is 11.3 Å². The Morgan fingerprint density at radius 3 is 2.88 bits per heavy atom. The van der Waals surface area contributed by atoms with E-state index in [1.165, 1.54) is 11.3 Å². The van der Waals surface area contributed by atoms with Crippen molar-refractivity contribution in [2.24, 2.45) is 0 Å². The van der Waals surface area contributed by atoms with Crippen molar-refractivity contribution in [1.82, 2.24) is 4.57 Å². The molecule has 3 nitrogen and oxygen atoms in total. The van der Waals surface area contributed by atoms with E-state index in [1.807, 2.05) is 16.0 Å². The summed E-state index contributed by atoms with van der Waals surface area (Å²) in [5.41, 5.74) is 0.881. The van der Waals surface area contributed by atoms with Gasteiger partial charge < -0.3 is 4.57 Å². The molecule has 2 rings (SSSR count). The Bertz CT molecular complexity index is 612. The Kier molecular flexibility index (Phi) is 3.79. The average molecular weight is 269 g/mol. The van der Waals surface area contributed by atoms with Crippen molar-refractivity contribution in [1.29, 1.82) is 0 Å². The number of aryl methyl sites for hydroxylation is 1. The second kappa shape index (κ2) is 5.14. The number of nitrogens with zero attached hydrogens (tertiary/aromatic N) is 1. The molecule has 2 aromatic heterocycles. The monoisotopic (exact) mass is 269 g/mol. The standard InChI is InChI=1S/C12H15NO2S2/c1-3-4-6-13-8-10(17(2)15)11(14)12-9(13)5-7-16-12/h5,7-8H,3-4,6H2,1-2H3. The number of hydrogen-bond donors (Lipinski definition) is 0. The van der Waals surface area contributed by atoms with Crippen molar-refractivity contribution in [2.75, 3.05) is 6.26 Å². The zero-order chi connectivity index (χ0) is 12.4. The van der Waals surface area contributed by atoms with Crippen molar-refractivity contribution in [2.45, 2.75) is 31.2 Å². The lowest BCUT2D eigenvalue weighted by Crippen LogP contribution is -2.14. The molecule has 0 amide bonds. The Morgan fingerprint density at radius 2 is 2.24 bits per heavy atom. The fourth-order valence-corrected chi connectivity index (χ4v) is 3.36. The zero-order valence-electron chi connectivity index (χ0n) is 9.93. The van der Waals surface area contributed by atoms with Crippen LogP contribution in [0.3, 0.4) is 0 Å². The number of hydrogen-bond acceptors (Lipinski definition) is 3. The van der Waals surface area contributed by atoms with Crippen LogP contribution in [0, 0.1) is 0 Å². The van der Waals surface area contributed by atoms with Gasteiger partial charge in [0.2, 0.25) is 5.43 Å². The third-order valence-electron chi connectivity index (χ3n) is 2.72. The van der Waals surface area contributed by atoms with Gasteiger partial charge in [-0.3, -0.25) is 9.00 Å². The van der Waals surface area contributed by atoms with Gasteiger partial charge >= 0.3 is 0 Å². The molecule has 0 N–H and O–H groups in total. The van der Waals surface area contributed by atoms with Crippen LogP contribution in [-0.4, -0.2) is 15.0 Å². The largest absolute Gasteiger partial charge is 0.345 e. The maximum Gasteiger partial charge on any atom is 0.215 e. The lowest BCUT2D eigenvalue weighted by Gasteiger charge is -2.09. The van der Waals surface area contributed by atoms with E-state index in [2.05, 4.69) is 6.92 Å². The molecule has 0 aliphatic rings. The van der Waals surface area contributed by atoms with E-state index in [0.29, 0.717) is 9.60 Å². The smallest absolute Gasteiger partial charge is 0.215 e. The lowest BCUT2D eigenvalue weighted by atomic mass is 10.3. The molecular formula is C12H15NO2S2. The van der Waals surface area contributed by atoms with Gasteiger partial charge in [0.15, 0.2) is 0 Å². The predicted molar refractivity (Wildman–Crippen MR) is 73.3 cm³/mol. The first-order valence-corrected chi connectivity index (χ1v) is 8.03. The number of pyridine rings is 1. The summed E-state index contributed by atoms with van der Waals surface area (Å²) in [6.45, 7) is 3.00. The van der Waals surface area contributed by atoms with E-state index in [-0.39, 0.29) is 5.43 Å². The fraction of sp³-hybridized carbons (Fsp3) is 0.417. The summed E-state index contributed by atoms with van der Waals surface area (Å²) in [6.07, 6.45) is 5.47. The van der Waals surface area contributed by atoms with Crippen LogP contribution in [0.5, 0.6) is 0 Å². The molecule has 0 bridgehead atoms. The van der Waals surface area contributed by atoms with Crippen molar-refractivity contribution in [3.05, 3.63) is 27.9 Å². The molecule has 17 heavy (non-hydrogen) atoms. The minimum absolute atomic E-state index is 0.0800. The van der Waals surface area contributed by atoms with E-state index in [9.17, 15) is 9.00 Å². The predicted octanol–water partition coefficient (Wildman–Crippen LogP) is 2.60. The molecule has 0 aromatic carbocycles. The van der Waals surface area contributed by atoms with Gasteiger partial charge in [0, 0.05) is 19.0 Å². The summed E-state index contributed by atoms with van der Waals surface area (Å²) in [6, 6.07) is 1.96. The second-order valence-corrected chi connectivity index (χ2v) is 6.22. The van der Waals surface area contributed by atoms with E-state index in [1.54, 1.807) is 12.5 Å². The van der Waals surface area contributed by atoms with Gasteiger partial charge in [0.25, 0.3) is 0 Å². The van der Waals surface area contributed by atoms with Crippen LogP contribution in [0.2, 0.25) is 0 Å². The van der Waals surface area contributed by atoms with Crippen LogP contribution in [0.15, 0.2) is 27.3 Å². The summed E-state index contributed by atoms with van der Waals surface area (Å²) >= 11 is 1.43. The summed E-state index contributed by atoms with van der Waals surface area (Å²) in [5.74, 6) is 0. The van der Waals surface area contributed by atoms with Crippen molar-refractivity contribution < 1.29 is 4.21 Å². The van der Waals surface area contributed by atoms with Gasteiger partial charge in [0.05, 0.1) is 21.0 Å². The molecule has 5 heteroatoms. The molecule has 0 saturated heterocycles. The van der Waals surface area contributed by atoms with E-state index >= 15 is 0 Å². The molecule has 0 aliphatic heterocycles. The summed E-state index contributed by atoms with van der Waals surface area (Å²) < 4.78 is 14.3. The third-order valence-corrected chi connectivity index (χ3v) is 4.53. The normalized spacial score (nSPS) is 13.1. The number of rotatable bonds is 4. The maximum atomic E-state index is 12.1. The topological polar surface area (TPSA) is 39.1 Å². The highest BCUT2D eigenvalue weighted by atomic mass is 32.2. The fourth-order valence-electron chi connectivity index (χ4n) is 1.80. The number of unbranched alkanes of at least 4 members (excludes halogenated alkanes) is 1. The van der Waals surface area contributed by atoms with Crippen LogP contribution < -0.4 is 5.43 Å². The van der Waals surface area contributed by atoms with Gasteiger partial charge in [-0.25, -0.2) is 0 Å². The third kappa shape index (κ3) is 2.35. The molecule has 0 saturated carbocycles. The highest BCUT2D eigenvalue weighted by Gasteiger charge is 2.12. The van der Waals surface area contributed by atoms with Gasteiger partial charge in [-0.15, -0.1) is 11.3 Å². The molecule has 1 unspecified atom stereocenters. The minimum atomic E-state index is -1.22. The number of aromatic nitrogens is 1. The molecule has 0 radical (unpaired) electrons. The second-order valence-electron chi connectivity index (χ2n) is 3.96. The molecular weight excluding hydrogens is 254 g/mol. The SMILES string of the molecule is CCCCn1cc(S(C)=O)c(=O)c2sccc21. The van der Waals surface area contributed by atoms with E-state index in [4.69, 9.17) is 0 Å². The molecule has 2 heterocycles. The highest BCUT2D eigenvalue weighted by Crippen LogP contribution is 2.19. The van der Waals surface area contributed by atoms with Gasteiger partial charge in [-0.1, -0.05) is 13.3 Å². The molecule has 0 spiro atoms. The zero-order valence-corrected chi connectivity index (χ0v) is 11.6. The lowest BCUT2D eigenvalue weighted by molar-refractivity contribution is 0.638. The Balaban J connectivity index is 2.65. The Labute approximate surface area is 107 Å². The first-order chi connectivity index (χ1) is 8.15. The first-order valence-electron chi connectivity index (χ1n) is 5.59. The van der Waals surface area contributed by atoms with Gasteiger partial charge in [0.1, 0.15) is 4.90 Å². The Morgan fingerprint density at radius 1 is 1.47 bits per heavy atom. The van der Waals surface area contributed by atoms with Crippen molar-refractivity contribution in [3.8, 4) is 0 Å². The van der Waals surface area contributed by atoms with Crippen LogP contribution in [0.1, 0.15) is 19.8 Å². The van der Waals surface area contributed by atoms with E-state index in [0.717, 1.165) is 24.9 Å². The van der Waals surface area contributed by atoms with Crippen LogP contribution in [0.25, 0.3) is 10.2 Å².